The van der Waals surface area contributed by atoms with E-state index in [9.17, 15) is 4.57 Å². The van der Waals surface area contributed by atoms with Crippen molar-refractivity contribution in [1.29, 1.82) is 0 Å². The molecule has 0 saturated carbocycles. The van der Waals surface area contributed by atoms with Crippen molar-refractivity contribution in [2.24, 2.45) is 0 Å². The van der Waals surface area contributed by atoms with E-state index in [0.717, 1.165) is 22.3 Å². The molecule has 3 nitrogen and oxygen atoms in total. The summed E-state index contributed by atoms with van der Waals surface area (Å²) in [6, 6.07) is 34.3. The van der Waals surface area contributed by atoms with Crippen LogP contribution < -0.4 is 9.05 Å². The predicted molar refractivity (Wildman–Crippen MR) is 118 cm³/mol. The second kappa shape index (κ2) is 8.57. The maximum atomic E-state index is 12.6. The standard InChI is InChI=1S/C24H18ClO3P/c25-29(26,27-23-15-11-21(12-16-23)19-7-3-1-4-8-19)28-24-17-13-22(14-18-24)20-9-5-2-6-10-20/h1-18H. The van der Waals surface area contributed by atoms with Crippen molar-refractivity contribution in [1.82, 2.24) is 0 Å². The van der Waals surface area contributed by atoms with Gasteiger partial charge in [-0.2, -0.15) is 0 Å². The van der Waals surface area contributed by atoms with Crippen molar-refractivity contribution in [2.45, 2.75) is 0 Å². The molecule has 0 unspecified atom stereocenters. The Labute approximate surface area is 174 Å². The normalized spacial score (nSPS) is 11.1. The molecule has 0 N–H and O–H groups in total. The first-order chi connectivity index (χ1) is 14.1. The molecule has 4 aromatic carbocycles. The molecule has 29 heavy (non-hydrogen) atoms. The highest BCUT2D eigenvalue weighted by Crippen LogP contribution is 2.53. The van der Waals surface area contributed by atoms with Gasteiger partial charge in [-0.1, -0.05) is 84.9 Å². The van der Waals surface area contributed by atoms with Gasteiger partial charge in [-0.3, -0.25) is 0 Å². The van der Waals surface area contributed by atoms with Crippen molar-refractivity contribution in [3.63, 3.8) is 0 Å². The molecule has 0 amide bonds. The average Bonchev–Trinajstić information content (AvgIpc) is 2.75. The number of rotatable bonds is 6. The molecular formula is C24H18ClO3P. The molecule has 144 valence electrons. The van der Waals surface area contributed by atoms with Gasteiger partial charge in [0, 0.05) is 11.2 Å². The minimum Gasteiger partial charge on any atom is -0.405 e. The van der Waals surface area contributed by atoms with Gasteiger partial charge >= 0.3 is 6.95 Å². The largest absolute Gasteiger partial charge is 0.530 e. The molecule has 0 atom stereocenters. The van der Waals surface area contributed by atoms with Crippen LogP contribution in [-0.2, 0) is 4.57 Å². The molecule has 0 aliphatic carbocycles. The van der Waals surface area contributed by atoms with Gasteiger partial charge in [0.25, 0.3) is 0 Å². The Morgan fingerprint density at radius 1 is 0.483 bits per heavy atom. The summed E-state index contributed by atoms with van der Waals surface area (Å²) in [6.45, 7) is -3.84. The molecule has 0 aliphatic heterocycles. The van der Waals surface area contributed by atoms with Gasteiger partial charge in [-0.05, 0) is 46.5 Å². The van der Waals surface area contributed by atoms with Crippen LogP contribution in [0, 0.1) is 0 Å². The van der Waals surface area contributed by atoms with Crippen molar-refractivity contribution in [3.05, 3.63) is 109 Å². The lowest BCUT2D eigenvalue weighted by Crippen LogP contribution is -1.95. The lowest BCUT2D eigenvalue weighted by Gasteiger charge is -2.14. The van der Waals surface area contributed by atoms with Gasteiger partial charge in [0.05, 0.1) is 0 Å². The first-order valence-electron chi connectivity index (χ1n) is 9.09. The lowest BCUT2D eigenvalue weighted by atomic mass is 10.1. The van der Waals surface area contributed by atoms with Crippen LogP contribution in [0.2, 0.25) is 0 Å². The zero-order valence-electron chi connectivity index (χ0n) is 15.4. The topological polar surface area (TPSA) is 35.5 Å². The Morgan fingerprint density at radius 3 is 1.14 bits per heavy atom. The molecule has 0 heterocycles. The molecule has 0 spiro atoms. The third-order valence-electron chi connectivity index (χ3n) is 4.35. The van der Waals surface area contributed by atoms with Crippen molar-refractivity contribution < 1.29 is 13.6 Å². The average molecular weight is 421 g/mol. The molecule has 0 bridgehead atoms. The van der Waals surface area contributed by atoms with Gasteiger partial charge in [0.2, 0.25) is 0 Å². The third-order valence-corrected chi connectivity index (χ3v) is 5.62. The summed E-state index contributed by atoms with van der Waals surface area (Å²) in [4.78, 5) is 0. The van der Waals surface area contributed by atoms with Crippen LogP contribution in [-0.4, -0.2) is 0 Å². The summed E-state index contributed by atoms with van der Waals surface area (Å²) in [6.07, 6.45) is 0. The fourth-order valence-corrected chi connectivity index (χ4v) is 4.21. The van der Waals surface area contributed by atoms with Crippen LogP contribution in [0.3, 0.4) is 0 Å². The molecule has 4 aromatic rings. The maximum Gasteiger partial charge on any atom is 0.530 e. The number of benzene rings is 4. The SMILES string of the molecule is O=P(Cl)(Oc1ccc(-c2ccccc2)cc1)Oc1ccc(-c2ccccc2)cc1. The van der Waals surface area contributed by atoms with E-state index in [1.54, 1.807) is 24.3 Å². The van der Waals surface area contributed by atoms with E-state index < -0.39 is 6.95 Å². The zero-order chi connectivity index (χ0) is 20.1. The number of halogens is 1. The number of hydrogen-bond donors (Lipinski definition) is 0. The number of hydrogen-bond acceptors (Lipinski definition) is 3. The summed E-state index contributed by atoms with van der Waals surface area (Å²) >= 11 is 6.03. The molecule has 4 rings (SSSR count). The summed E-state index contributed by atoms with van der Waals surface area (Å²) in [5.74, 6) is 0.757. The molecule has 0 saturated heterocycles. The van der Waals surface area contributed by atoms with Crippen LogP contribution in [0.4, 0.5) is 0 Å². The summed E-state index contributed by atoms with van der Waals surface area (Å²) in [5.41, 5.74) is 4.23. The van der Waals surface area contributed by atoms with Crippen LogP contribution in [0.25, 0.3) is 22.3 Å². The van der Waals surface area contributed by atoms with Crippen LogP contribution in [0.1, 0.15) is 0 Å². The fourth-order valence-electron chi connectivity index (χ4n) is 2.95. The second-order valence-electron chi connectivity index (χ2n) is 6.39. The second-order valence-corrected chi connectivity index (χ2v) is 8.86. The van der Waals surface area contributed by atoms with E-state index in [4.69, 9.17) is 20.3 Å². The fraction of sp³-hybridized carbons (Fsp3) is 0. The minimum absolute atomic E-state index is 0.379. The predicted octanol–water partition coefficient (Wildman–Crippen LogP) is 7.83. The van der Waals surface area contributed by atoms with Gasteiger partial charge in [-0.15, -0.1) is 0 Å². The molecular weight excluding hydrogens is 403 g/mol. The Hall–Kier alpha value is -3.00. The summed E-state index contributed by atoms with van der Waals surface area (Å²) in [7, 11) is 0. The Morgan fingerprint density at radius 2 is 0.793 bits per heavy atom. The maximum absolute atomic E-state index is 12.6. The monoisotopic (exact) mass is 420 g/mol. The minimum atomic E-state index is -3.84. The van der Waals surface area contributed by atoms with Crippen molar-refractivity contribution >= 4 is 18.2 Å². The molecule has 5 heteroatoms. The summed E-state index contributed by atoms with van der Waals surface area (Å²) < 4.78 is 23.4. The molecule has 0 aromatic heterocycles. The van der Waals surface area contributed by atoms with E-state index >= 15 is 0 Å². The van der Waals surface area contributed by atoms with Gasteiger partial charge in [0.1, 0.15) is 11.5 Å². The first kappa shape index (κ1) is 19.3. The van der Waals surface area contributed by atoms with Crippen LogP contribution in [0.5, 0.6) is 11.5 Å². The zero-order valence-corrected chi connectivity index (χ0v) is 17.1. The van der Waals surface area contributed by atoms with Gasteiger partial charge in [0.15, 0.2) is 0 Å². The van der Waals surface area contributed by atoms with E-state index in [-0.39, 0.29) is 0 Å². The quantitative estimate of drug-likeness (QED) is 0.298. The van der Waals surface area contributed by atoms with Crippen LogP contribution >= 0.6 is 18.2 Å². The third kappa shape index (κ3) is 5.08. The van der Waals surface area contributed by atoms with Crippen molar-refractivity contribution in [2.75, 3.05) is 0 Å². The smallest absolute Gasteiger partial charge is 0.405 e. The Bertz CT molecular complexity index is 1020. The highest BCUT2D eigenvalue weighted by Gasteiger charge is 2.24. The van der Waals surface area contributed by atoms with Crippen LogP contribution in [0.15, 0.2) is 109 Å². The van der Waals surface area contributed by atoms with E-state index in [0.29, 0.717) is 11.5 Å². The van der Waals surface area contributed by atoms with E-state index in [1.807, 2.05) is 84.9 Å². The first-order valence-corrected chi connectivity index (χ1v) is 11.5. The van der Waals surface area contributed by atoms with Gasteiger partial charge < -0.3 is 9.05 Å². The molecule has 0 radical (unpaired) electrons. The Kier molecular flexibility index (Phi) is 5.71. The summed E-state index contributed by atoms with van der Waals surface area (Å²) in [5, 5.41) is 0. The van der Waals surface area contributed by atoms with E-state index in [1.165, 1.54) is 0 Å². The molecule has 0 aliphatic rings. The Balaban J connectivity index is 1.43. The highest BCUT2D eigenvalue weighted by molar-refractivity contribution is 7.82. The highest BCUT2D eigenvalue weighted by atomic mass is 35.7. The van der Waals surface area contributed by atoms with Gasteiger partial charge in [-0.25, -0.2) is 4.57 Å². The lowest BCUT2D eigenvalue weighted by molar-refractivity contribution is 0.406. The molecule has 0 fully saturated rings. The van der Waals surface area contributed by atoms with E-state index in [2.05, 4.69) is 0 Å². The van der Waals surface area contributed by atoms with Crippen molar-refractivity contribution in [3.8, 4) is 33.8 Å².